The van der Waals surface area contributed by atoms with E-state index in [-0.39, 0.29) is 5.92 Å². The van der Waals surface area contributed by atoms with E-state index in [0.717, 1.165) is 35.4 Å². The third-order valence-electron chi connectivity index (χ3n) is 4.80. The van der Waals surface area contributed by atoms with Crippen LogP contribution in [0, 0.1) is 5.41 Å². The van der Waals surface area contributed by atoms with Crippen LogP contribution in [0.2, 0.25) is 0 Å². The van der Waals surface area contributed by atoms with Gasteiger partial charge in [0.25, 0.3) is 0 Å². The molecule has 142 valence electrons. The Hall–Kier alpha value is -3.42. The lowest BCUT2D eigenvalue weighted by atomic mass is 10.0. The fourth-order valence-electron chi connectivity index (χ4n) is 3.36. The number of fused-ring (bicyclic) bond motifs is 1. The number of nitrogens with one attached hydrogen (secondary N) is 2. The predicted molar refractivity (Wildman–Crippen MR) is 112 cm³/mol. The molecule has 0 aliphatic carbocycles. The Bertz CT molecular complexity index is 1010. The minimum Gasteiger partial charge on any atom is -0.370 e. The molecular weight excluding hydrogens is 352 g/mol. The Labute approximate surface area is 163 Å². The molecule has 0 amide bonds. The molecule has 0 aromatic carbocycles. The number of aromatic nitrogens is 4. The summed E-state index contributed by atoms with van der Waals surface area (Å²) in [6.45, 7) is 2.12. The lowest BCUT2D eigenvalue weighted by molar-refractivity contribution is 0.939. The number of nitrogens with zero attached hydrogens (tertiary/aromatic N) is 6. The van der Waals surface area contributed by atoms with Gasteiger partial charge in [0.05, 0.1) is 28.8 Å². The van der Waals surface area contributed by atoms with Crippen molar-refractivity contribution < 1.29 is 0 Å². The highest BCUT2D eigenvalue weighted by Gasteiger charge is 2.14. The fourth-order valence-corrected chi connectivity index (χ4v) is 3.36. The molecule has 1 saturated heterocycles. The smallest absolute Gasteiger partial charge is 0.156 e. The van der Waals surface area contributed by atoms with Gasteiger partial charge >= 0.3 is 0 Å². The van der Waals surface area contributed by atoms with E-state index in [1.54, 1.807) is 25.7 Å². The number of anilines is 3. The molecule has 4 rings (SSSR count). The fraction of sp³-hybridized carbons (Fsp3) is 0.300. The van der Waals surface area contributed by atoms with Gasteiger partial charge in [-0.25, -0.2) is 4.98 Å². The molecule has 8 heteroatoms. The number of hydrogen-bond acceptors (Lipinski definition) is 8. The summed E-state index contributed by atoms with van der Waals surface area (Å²) in [6.07, 6.45) is 9.06. The van der Waals surface area contributed by atoms with Crippen LogP contribution >= 0.6 is 0 Å². The molecule has 3 aromatic rings. The van der Waals surface area contributed by atoms with Crippen molar-refractivity contribution in [3.05, 3.63) is 42.2 Å². The summed E-state index contributed by atoms with van der Waals surface area (Å²) in [4.78, 5) is 15.5. The van der Waals surface area contributed by atoms with Gasteiger partial charge in [-0.15, -0.1) is 5.10 Å². The number of aliphatic imine (C=N–C) groups is 1. The maximum atomic E-state index is 7.59. The molecule has 28 heavy (non-hydrogen) atoms. The Morgan fingerprint density at radius 1 is 1.14 bits per heavy atom. The molecule has 1 atom stereocenters. The third kappa shape index (κ3) is 3.80. The zero-order valence-corrected chi connectivity index (χ0v) is 15.7. The Kier molecular flexibility index (Phi) is 5.18. The molecule has 1 fully saturated rings. The van der Waals surface area contributed by atoms with Gasteiger partial charge in [-0.1, -0.05) is 0 Å². The monoisotopic (exact) mass is 374 g/mol. The van der Waals surface area contributed by atoms with E-state index in [9.17, 15) is 0 Å². The van der Waals surface area contributed by atoms with Crippen LogP contribution in [0.5, 0.6) is 0 Å². The van der Waals surface area contributed by atoms with E-state index in [4.69, 9.17) is 5.41 Å². The summed E-state index contributed by atoms with van der Waals surface area (Å²) in [5.74, 6) is 1.13. The van der Waals surface area contributed by atoms with Crippen molar-refractivity contribution in [2.24, 2.45) is 4.99 Å². The molecule has 4 heterocycles. The van der Waals surface area contributed by atoms with Crippen molar-refractivity contribution in [2.75, 3.05) is 30.4 Å². The zero-order chi connectivity index (χ0) is 19.3. The normalized spacial score (nSPS) is 15.2. The van der Waals surface area contributed by atoms with E-state index in [2.05, 4.69) is 35.4 Å². The molecule has 3 aromatic heterocycles. The van der Waals surface area contributed by atoms with E-state index < -0.39 is 0 Å². The van der Waals surface area contributed by atoms with Gasteiger partial charge in [-0.05, 0) is 36.6 Å². The summed E-state index contributed by atoms with van der Waals surface area (Å²) in [5.41, 5.74) is 3.51. The average Bonchev–Trinajstić information content (AvgIpc) is 3.27. The van der Waals surface area contributed by atoms with Crippen LogP contribution < -0.4 is 10.2 Å². The third-order valence-corrected chi connectivity index (χ3v) is 4.80. The van der Waals surface area contributed by atoms with E-state index in [1.165, 1.54) is 19.1 Å². The standard InChI is InChI=1S/C20H22N8/c1-22-11-15(10-21)14-8-18-17(23-12-14)4-5-19(25-18)26-20-9-16(13-24-27-20)28-6-2-3-7-28/h4-5,8-13,15,21H,2-3,6-7H2,1H3,(H,25,26,27). The summed E-state index contributed by atoms with van der Waals surface area (Å²) in [6, 6.07) is 7.74. The first kappa shape index (κ1) is 18.0. The van der Waals surface area contributed by atoms with Gasteiger partial charge in [0, 0.05) is 44.8 Å². The largest absolute Gasteiger partial charge is 0.370 e. The van der Waals surface area contributed by atoms with Crippen LogP contribution in [0.15, 0.2) is 41.7 Å². The van der Waals surface area contributed by atoms with Crippen LogP contribution in [0.25, 0.3) is 11.0 Å². The van der Waals surface area contributed by atoms with Crippen molar-refractivity contribution in [1.29, 1.82) is 5.41 Å². The highest BCUT2D eigenvalue weighted by atomic mass is 15.2. The predicted octanol–water partition coefficient (Wildman–Crippen LogP) is 3.20. The number of pyridine rings is 2. The number of rotatable bonds is 6. The van der Waals surface area contributed by atoms with Crippen molar-refractivity contribution in [2.45, 2.75) is 18.8 Å². The topological polar surface area (TPSA) is 103 Å². The lowest BCUT2D eigenvalue weighted by Gasteiger charge is -2.17. The molecule has 1 aliphatic heterocycles. The summed E-state index contributed by atoms with van der Waals surface area (Å²) in [5, 5.41) is 19.1. The Morgan fingerprint density at radius 2 is 2.00 bits per heavy atom. The molecule has 0 spiro atoms. The quantitative estimate of drug-likeness (QED) is 0.642. The van der Waals surface area contributed by atoms with Crippen molar-refractivity contribution in [1.82, 2.24) is 20.2 Å². The highest BCUT2D eigenvalue weighted by molar-refractivity contribution is 5.90. The summed E-state index contributed by atoms with van der Waals surface area (Å²) >= 11 is 0. The van der Waals surface area contributed by atoms with Gasteiger partial charge < -0.3 is 15.6 Å². The number of hydrogen-bond donors (Lipinski definition) is 2. The first-order chi connectivity index (χ1) is 13.8. The van der Waals surface area contributed by atoms with E-state index in [0.29, 0.717) is 11.6 Å². The van der Waals surface area contributed by atoms with E-state index >= 15 is 0 Å². The maximum absolute atomic E-state index is 7.59. The molecule has 0 saturated carbocycles. The molecule has 1 unspecified atom stereocenters. The van der Waals surface area contributed by atoms with E-state index in [1.807, 2.05) is 24.3 Å². The van der Waals surface area contributed by atoms with Crippen molar-refractivity contribution in [3.8, 4) is 0 Å². The summed E-state index contributed by atoms with van der Waals surface area (Å²) in [7, 11) is 1.70. The van der Waals surface area contributed by atoms with Crippen LogP contribution in [0.1, 0.15) is 24.3 Å². The lowest BCUT2D eigenvalue weighted by Crippen LogP contribution is -2.18. The molecule has 8 nitrogen and oxygen atoms in total. The average molecular weight is 374 g/mol. The van der Waals surface area contributed by atoms with Crippen molar-refractivity contribution in [3.63, 3.8) is 0 Å². The van der Waals surface area contributed by atoms with Crippen LogP contribution in [0.3, 0.4) is 0 Å². The molecule has 2 N–H and O–H groups in total. The second kappa shape index (κ2) is 8.08. The van der Waals surface area contributed by atoms with Crippen LogP contribution in [0.4, 0.5) is 17.3 Å². The van der Waals surface area contributed by atoms with Gasteiger partial charge in [0.2, 0.25) is 0 Å². The summed E-state index contributed by atoms with van der Waals surface area (Å²) < 4.78 is 0. The minimum absolute atomic E-state index is 0.205. The SMILES string of the molecule is CN=CC(C=N)c1cnc2ccc(Nc3cc(N4CCCC4)cnn3)nc2c1. The van der Waals surface area contributed by atoms with Gasteiger partial charge in [-0.2, -0.15) is 5.10 Å². The minimum atomic E-state index is -0.205. The zero-order valence-electron chi connectivity index (χ0n) is 15.7. The Morgan fingerprint density at radius 3 is 2.79 bits per heavy atom. The molecule has 0 bridgehead atoms. The van der Waals surface area contributed by atoms with Crippen LogP contribution in [-0.4, -0.2) is 52.7 Å². The Balaban J connectivity index is 1.60. The first-order valence-corrected chi connectivity index (χ1v) is 9.31. The molecule has 1 aliphatic rings. The molecule has 0 radical (unpaired) electrons. The maximum Gasteiger partial charge on any atom is 0.156 e. The molecular formula is C20H22N8. The second-order valence-corrected chi connectivity index (χ2v) is 6.72. The second-order valence-electron chi connectivity index (χ2n) is 6.72. The highest BCUT2D eigenvalue weighted by Crippen LogP contribution is 2.23. The van der Waals surface area contributed by atoms with Gasteiger partial charge in [0.15, 0.2) is 5.82 Å². The van der Waals surface area contributed by atoms with Crippen molar-refractivity contribution >= 4 is 40.8 Å². The van der Waals surface area contributed by atoms with Crippen LogP contribution in [-0.2, 0) is 0 Å². The van der Waals surface area contributed by atoms with Gasteiger partial charge in [-0.3, -0.25) is 9.98 Å². The first-order valence-electron chi connectivity index (χ1n) is 9.31. The van der Waals surface area contributed by atoms with Gasteiger partial charge in [0.1, 0.15) is 5.82 Å².